The van der Waals surface area contributed by atoms with Crippen LogP contribution in [0.25, 0.3) is 16.6 Å². The number of nitrogens with two attached hydrogens (primary N) is 1. The number of anilines is 1. The van der Waals surface area contributed by atoms with E-state index in [1.54, 1.807) is 0 Å². The van der Waals surface area contributed by atoms with Gasteiger partial charge in [-0.25, -0.2) is 19.4 Å². The van der Waals surface area contributed by atoms with E-state index in [2.05, 4.69) is 56.7 Å². The lowest BCUT2D eigenvalue weighted by Gasteiger charge is -2.54. The van der Waals surface area contributed by atoms with E-state index in [1.807, 2.05) is 51.1 Å². The van der Waals surface area contributed by atoms with Crippen molar-refractivity contribution in [1.82, 2.24) is 33.9 Å². The van der Waals surface area contributed by atoms with E-state index in [9.17, 15) is 4.79 Å². The lowest BCUT2D eigenvalue weighted by atomic mass is 9.72. The van der Waals surface area contributed by atoms with Crippen molar-refractivity contribution >= 4 is 28.5 Å². The molecule has 10 nitrogen and oxygen atoms in total. The Labute approximate surface area is 242 Å². The third-order valence-electron chi connectivity index (χ3n) is 8.30. The van der Waals surface area contributed by atoms with Crippen molar-refractivity contribution in [2.75, 3.05) is 31.9 Å². The van der Waals surface area contributed by atoms with Gasteiger partial charge in [-0.1, -0.05) is 19.9 Å². The highest BCUT2D eigenvalue weighted by molar-refractivity contribution is 5.88. The molecular weight excluding hydrogens is 516 g/mol. The van der Waals surface area contributed by atoms with Crippen LogP contribution in [0, 0.1) is 12.3 Å². The highest BCUT2D eigenvalue weighted by Crippen LogP contribution is 2.42. The standard InChI is InChI=1S/C29H38N8O2.C2H6/c1-19-24-25(30)31-18-32-26(24)37(33-19)20(2)22-14-21-8-6-7-11-36(21)23(22)15-34-16-29(17-34)9-12-35(13-10-29)27(38)39-28(3,4)5;1-2/h6-8,11,14,18,20H,9-10,12-13,15-17H2,1-5H3,(H2,30,31,32);1-2H3. The SMILES string of the molecule is CC.Cc1nn(C(C)c2cc3ccccn3c2CN2CC3(CCN(C(=O)OC(C)(C)C)CC3)C2)c2ncnc(N)c12. The number of carbonyl (C=O) groups excluding carboxylic acids is 1. The largest absolute Gasteiger partial charge is 0.444 e. The van der Waals surface area contributed by atoms with E-state index in [1.165, 1.54) is 17.6 Å². The van der Waals surface area contributed by atoms with Crippen molar-refractivity contribution in [1.29, 1.82) is 0 Å². The molecule has 2 N–H and O–H groups in total. The van der Waals surface area contributed by atoms with Gasteiger partial charge in [-0.05, 0) is 76.6 Å². The number of carbonyl (C=O) groups is 1. The zero-order chi connectivity index (χ0) is 29.5. The molecule has 220 valence electrons. The molecule has 2 fully saturated rings. The first-order valence-corrected chi connectivity index (χ1v) is 14.8. The van der Waals surface area contributed by atoms with E-state index in [0.717, 1.165) is 67.8 Å². The van der Waals surface area contributed by atoms with Gasteiger partial charge in [0.05, 0.1) is 17.1 Å². The van der Waals surface area contributed by atoms with E-state index in [4.69, 9.17) is 15.6 Å². The number of hydrogen-bond acceptors (Lipinski definition) is 7. The van der Waals surface area contributed by atoms with Crippen LogP contribution in [0.2, 0.25) is 0 Å². The second-order valence-corrected chi connectivity index (χ2v) is 12.3. The topological polar surface area (TPSA) is 107 Å². The van der Waals surface area contributed by atoms with Gasteiger partial charge in [-0.2, -0.15) is 5.10 Å². The van der Waals surface area contributed by atoms with E-state index in [0.29, 0.717) is 5.82 Å². The Morgan fingerprint density at radius 3 is 2.54 bits per heavy atom. The molecular formula is C31H44N8O2. The van der Waals surface area contributed by atoms with E-state index in [-0.39, 0.29) is 17.6 Å². The van der Waals surface area contributed by atoms with Gasteiger partial charge in [-0.3, -0.25) is 4.90 Å². The predicted molar refractivity (Wildman–Crippen MR) is 162 cm³/mol. The molecule has 41 heavy (non-hydrogen) atoms. The minimum absolute atomic E-state index is 0.0299. The quantitative estimate of drug-likeness (QED) is 0.354. The minimum Gasteiger partial charge on any atom is -0.444 e. The van der Waals surface area contributed by atoms with Crippen LogP contribution in [-0.4, -0.2) is 71.8 Å². The fourth-order valence-electron chi connectivity index (χ4n) is 6.33. The Morgan fingerprint density at radius 1 is 1.15 bits per heavy atom. The van der Waals surface area contributed by atoms with Crippen LogP contribution >= 0.6 is 0 Å². The van der Waals surface area contributed by atoms with E-state index < -0.39 is 5.60 Å². The molecule has 6 rings (SSSR count). The molecule has 1 unspecified atom stereocenters. The summed E-state index contributed by atoms with van der Waals surface area (Å²) in [5.41, 5.74) is 11.2. The van der Waals surface area contributed by atoms with Crippen molar-refractivity contribution in [3.05, 3.63) is 53.7 Å². The minimum atomic E-state index is -0.463. The fraction of sp³-hybridized carbons (Fsp3) is 0.548. The van der Waals surface area contributed by atoms with Crippen LogP contribution in [0.4, 0.5) is 10.6 Å². The highest BCUT2D eigenvalue weighted by atomic mass is 16.6. The van der Waals surface area contributed by atoms with Crippen molar-refractivity contribution in [2.24, 2.45) is 5.41 Å². The first kappa shape index (κ1) is 28.9. The second-order valence-electron chi connectivity index (χ2n) is 12.3. The van der Waals surface area contributed by atoms with Gasteiger partial charge in [0.15, 0.2) is 5.65 Å². The van der Waals surface area contributed by atoms with Crippen molar-refractivity contribution in [3.63, 3.8) is 0 Å². The second kappa shape index (κ2) is 11.0. The third kappa shape index (κ3) is 5.49. The number of aromatic nitrogens is 5. The lowest BCUT2D eigenvalue weighted by Crippen LogP contribution is -2.60. The number of ether oxygens (including phenoxy) is 1. The zero-order valence-corrected chi connectivity index (χ0v) is 25.5. The molecule has 6 heterocycles. The molecule has 2 saturated heterocycles. The predicted octanol–water partition coefficient (Wildman–Crippen LogP) is 5.44. The van der Waals surface area contributed by atoms with Crippen LogP contribution in [0.1, 0.15) is 77.4 Å². The Morgan fingerprint density at radius 2 is 1.85 bits per heavy atom. The maximum absolute atomic E-state index is 12.5. The molecule has 0 saturated carbocycles. The van der Waals surface area contributed by atoms with Crippen LogP contribution in [-0.2, 0) is 11.3 Å². The normalized spacial score (nSPS) is 17.8. The van der Waals surface area contributed by atoms with Gasteiger partial charge in [0.2, 0.25) is 0 Å². The number of nitrogen functional groups attached to an aromatic ring is 1. The average Bonchev–Trinajstić information content (AvgIpc) is 3.46. The number of fused-ring (bicyclic) bond motifs is 2. The molecule has 0 radical (unpaired) electrons. The molecule has 4 aromatic heterocycles. The van der Waals surface area contributed by atoms with Gasteiger partial charge in [0, 0.05) is 50.1 Å². The Bertz CT molecular complexity index is 1530. The smallest absolute Gasteiger partial charge is 0.410 e. The summed E-state index contributed by atoms with van der Waals surface area (Å²) in [4.78, 5) is 25.6. The highest BCUT2D eigenvalue weighted by Gasteiger charge is 2.46. The summed E-state index contributed by atoms with van der Waals surface area (Å²) in [6.07, 6.45) is 5.48. The monoisotopic (exact) mass is 560 g/mol. The molecule has 2 aliphatic rings. The summed E-state index contributed by atoms with van der Waals surface area (Å²) in [5.74, 6) is 0.460. The maximum Gasteiger partial charge on any atom is 0.410 e. The summed E-state index contributed by atoms with van der Waals surface area (Å²) in [7, 11) is 0. The van der Waals surface area contributed by atoms with E-state index >= 15 is 0 Å². The Kier molecular flexibility index (Phi) is 7.72. The van der Waals surface area contributed by atoms with Crippen molar-refractivity contribution in [3.8, 4) is 0 Å². The molecule has 0 bridgehead atoms. The molecule has 1 spiro atoms. The van der Waals surface area contributed by atoms with Crippen molar-refractivity contribution < 1.29 is 9.53 Å². The zero-order valence-electron chi connectivity index (χ0n) is 25.5. The summed E-state index contributed by atoms with van der Waals surface area (Å²) in [6.45, 7) is 18.3. The number of aryl methyl sites for hydroxylation is 1. The summed E-state index contributed by atoms with van der Waals surface area (Å²) >= 11 is 0. The first-order valence-electron chi connectivity index (χ1n) is 14.8. The molecule has 1 atom stereocenters. The molecule has 10 heteroatoms. The van der Waals surface area contributed by atoms with Crippen LogP contribution < -0.4 is 5.73 Å². The number of piperidine rings is 1. The number of amides is 1. The molecule has 2 aliphatic heterocycles. The van der Waals surface area contributed by atoms with Gasteiger partial charge >= 0.3 is 6.09 Å². The molecule has 0 aromatic carbocycles. The van der Waals surface area contributed by atoms with Crippen LogP contribution in [0.15, 0.2) is 36.8 Å². The van der Waals surface area contributed by atoms with Crippen LogP contribution in [0.3, 0.4) is 0 Å². The van der Waals surface area contributed by atoms with Crippen LogP contribution in [0.5, 0.6) is 0 Å². The summed E-state index contributed by atoms with van der Waals surface area (Å²) in [5, 5.41) is 5.65. The molecule has 4 aromatic rings. The number of rotatable bonds is 4. The number of likely N-dealkylation sites (tertiary alicyclic amines) is 2. The summed E-state index contributed by atoms with van der Waals surface area (Å²) < 4.78 is 9.86. The number of nitrogens with zero attached hydrogens (tertiary/aromatic N) is 7. The lowest BCUT2D eigenvalue weighted by molar-refractivity contribution is -0.0557. The number of pyridine rings is 1. The van der Waals surface area contributed by atoms with Gasteiger partial charge in [0.1, 0.15) is 17.7 Å². The molecule has 1 amide bonds. The van der Waals surface area contributed by atoms with Gasteiger partial charge in [0.25, 0.3) is 0 Å². The molecule has 0 aliphatic carbocycles. The first-order chi connectivity index (χ1) is 19.5. The van der Waals surface area contributed by atoms with Crippen molar-refractivity contribution in [2.45, 2.75) is 79.5 Å². The summed E-state index contributed by atoms with van der Waals surface area (Å²) in [6, 6.07) is 8.54. The van der Waals surface area contributed by atoms with Gasteiger partial charge < -0.3 is 19.8 Å². The Hall–Kier alpha value is -3.66. The maximum atomic E-state index is 12.5. The third-order valence-corrected chi connectivity index (χ3v) is 8.30. The van der Waals surface area contributed by atoms with Gasteiger partial charge in [-0.15, -0.1) is 0 Å². The Balaban J connectivity index is 0.00000165. The number of hydrogen-bond donors (Lipinski definition) is 1. The fourth-order valence-corrected chi connectivity index (χ4v) is 6.33. The average molecular weight is 561 g/mol.